The molecule has 0 amide bonds. The lowest BCUT2D eigenvalue weighted by Gasteiger charge is -2.30. The lowest BCUT2D eigenvalue weighted by molar-refractivity contribution is -0.154. The Morgan fingerprint density at radius 3 is 2.47 bits per heavy atom. The number of esters is 1. The zero-order valence-corrected chi connectivity index (χ0v) is 11.2. The lowest BCUT2D eigenvalue weighted by Crippen LogP contribution is -2.33. The first-order valence-electron chi connectivity index (χ1n) is 5.42. The van der Waals surface area contributed by atoms with Crippen LogP contribution < -0.4 is 0 Å². The molecule has 1 atom stereocenters. The van der Waals surface area contributed by atoms with Crippen LogP contribution in [0.4, 0.5) is 0 Å². The van der Waals surface area contributed by atoms with E-state index >= 15 is 0 Å². The molecule has 15 heavy (non-hydrogen) atoms. The summed E-state index contributed by atoms with van der Waals surface area (Å²) in [6.45, 7) is 2.08. The van der Waals surface area contributed by atoms with Crippen LogP contribution in [0.3, 0.4) is 0 Å². The molecule has 0 spiro atoms. The summed E-state index contributed by atoms with van der Waals surface area (Å²) in [6, 6.07) is 0. The molecule has 0 radical (unpaired) electrons. The highest BCUT2D eigenvalue weighted by molar-refractivity contribution is 7.80. The van der Waals surface area contributed by atoms with E-state index in [9.17, 15) is 4.79 Å². The van der Waals surface area contributed by atoms with Crippen molar-refractivity contribution in [3.8, 4) is 0 Å². The molecule has 0 aliphatic heterocycles. The Kier molecular flexibility index (Phi) is 8.34. The summed E-state index contributed by atoms with van der Waals surface area (Å²) in [4.78, 5) is 11.8. The molecule has 4 heteroatoms. The summed E-state index contributed by atoms with van der Waals surface area (Å²) in [5.41, 5.74) is -0.361. The molecule has 0 fully saturated rings. The summed E-state index contributed by atoms with van der Waals surface area (Å²) in [7, 11) is 1.45. The molecule has 1 unspecified atom stereocenters. The van der Waals surface area contributed by atoms with Crippen molar-refractivity contribution in [1.82, 2.24) is 0 Å². The van der Waals surface area contributed by atoms with Gasteiger partial charge >= 0.3 is 5.97 Å². The first-order chi connectivity index (χ1) is 7.16. The van der Waals surface area contributed by atoms with E-state index in [0.717, 1.165) is 32.1 Å². The molecule has 0 aliphatic rings. The number of hydrogen-bond acceptors (Lipinski definition) is 3. The van der Waals surface area contributed by atoms with Crippen LogP contribution in [-0.2, 0) is 9.53 Å². The van der Waals surface area contributed by atoms with Gasteiger partial charge in [0, 0.05) is 5.88 Å². The van der Waals surface area contributed by atoms with Gasteiger partial charge in [-0.1, -0.05) is 13.3 Å². The molecule has 0 rings (SSSR count). The molecule has 0 aromatic carbocycles. The van der Waals surface area contributed by atoms with E-state index in [2.05, 4.69) is 19.6 Å². The normalized spacial score (nSPS) is 14.7. The maximum absolute atomic E-state index is 11.8. The van der Waals surface area contributed by atoms with Crippen molar-refractivity contribution in [3.63, 3.8) is 0 Å². The lowest BCUT2D eigenvalue weighted by atomic mass is 9.77. The van der Waals surface area contributed by atoms with Crippen LogP contribution in [0, 0.1) is 5.41 Å². The van der Waals surface area contributed by atoms with Gasteiger partial charge in [0.2, 0.25) is 0 Å². The van der Waals surface area contributed by atoms with Crippen molar-refractivity contribution >= 4 is 30.2 Å². The van der Waals surface area contributed by atoms with Gasteiger partial charge in [-0.3, -0.25) is 4.79 Å². The van der Waals surface area contributed by atoms with Crippen LogP contribution in [0.5, 0.6) is 0 Å². The minimum atomic E-state index is -0.361. The fraction of sp³-hybridized carbons (Fsp3) is 0.909. The Morgan fingerprint density at radius 2 is 2.07 bits per heavy atom. The number of carbonyl (C=O) groups excluding carboxylic acids is 1. The Morgan fingerprint density at radius 1 is 1.40 bits per heavy atom. The second-order valence-corrected chi connectivity index (χ2v) is 4.61. The van der Waals surface area contributed by atoms with Crippen molar-refractivity contribution < 1.29 is 9.53 Å². The van der Waals surface area contributed by atoms with Gasteiger partial charge in [-0.2, -0.15) is 12.6 Å². The second kappa shape index (κ2) is 8.28. The number of carbonyl (C=O) groups is 1. The predicted octanol–water partition coefficient (Wildman–Crippen LogP) is 3.28. The molecule has 0 heterocycles. The fourth-order valence-electron chi connectivity index (χ4n) is 2.00. The van der Waals surface area contributed by atoms with Crippen LogP contribution >= 0.6 is 24.2 Å². The zero-order valence-electron chi connectivity index (χ0n) is 9.59. The summed E-state index contributed by atoms with van der Waals surface area (Å²) < 4.78 is 4.90. The van der Waals surface area contributed by atoms with Crippen LogP contribution in [0.2, 0.25) is 0 Å². The summed E-state index contributed by atoms with van der Waals surface area (Å²) in [6.07, 6.45) is 4.26. The van der Waals surface area contributed by atoms with Crippen LogP contribution in [0.15, 0.2) is 0 Å². The minimum Gasteiger partial charge on any atom is -0.469 e. The van der Waals surface area contributed by atoms with E-state index in [1.807, 2.05) is 0 Å². The summed E-state index contributed by atoms with van der Waals surface area (Å²) >= 11 is 9.91. The number of alkyl halides is 1. The second-order valence-electron chi connectivity index (χ2n) is 3.79. The van der Waals surface area contributed by atoms with Gasteiger partial charge in [-0.05, 0) is 31.4 Å². The van der Waals surface area contributed by atoms with Crippen LogP contribution in [0.25, 0.3) is 0 Å². The molecule has 0 saturated carbocycles. The topological polar surface area (TPSA) is 26.3 Å². The third kappa shape index (κ3) is 4.64. The number of methoxy groups -OCH3 is 1. The molecule has 0 bridgehead atoms. The van der Waals surface area contributed by atoms with Gasteiger partial charge in [-0.15, -0.1) is 11.6 Å². The van der Waals surface area contributed by atoms with E-state index in [-0.39, 0.29) is 11.4 Å². The largest absolute Gasteiger partial charge is 0.469 e. The van der Waals surface area contributed by atoms with Crippen LogP contribution in [-0.4, -0.2) is 24.7 Å². The van der Waals surface area contributed by atoms with Gasteiger partial charge in [0.1, 0.15) is 0 Å². The maximum Gasteiger partial charge on any atom is 0.311 e. The monoisotopic (exact) mass is 252 g/mol. The number of thiol groups is 1. The minimum absolute atomic E-state index is 0.108. The molecule has 0 aromatic heterocycles. The molecule has 0 saturated heterocycles. The van der Waals surface area contributed by atoms with Crippen molar-refractivity contribution in [2.24, 2.45) is 5.41 Å². The summed E-state index contributed by atoms with van der Waals surface area (Å²) in [5.74, 6) is 1.19. The van der Waals surface area contributed by atoms with Crippen molar-refractivity contribution in [3.05, 3.63) is 0 Å². The standard InChI is InChI=1S/C11H21ClO2S/c1-3-5-11(7-9-15,6-4-8-12)10(13)14-2/h15H,3-9H2,1-2H3. The highest BCUT2D eigenvalue weighted by Crippen LogP contribution is 2.35. The number of halogens is 1. The smallest absolute Gasteiger partial charge is 0.311 e. The zero-order chi connectivity index (χ0) is 11.7. The molecule has 2 nitrogen and oxygen atoms in total. The fourth-order valence-corrected chi connectivity index (χ4v) is 2.56. The van der Waals surface area contributed by atoms with Gasteiger partial charge < -0.3 is 4.74 Å². The van der Waals surface area contributed by atoms with Gasteiger partial charge in [0.15, 0.2) is 0 Å². The van der Waals surface area contributed by atoms with Gasteiger partial charge in [0.05, 0.1) is 12.5 Å². The average molecular weight is 253 g/mol. The Hall–Kier alpha value is 0.110. The molecular formula is C11H21ClO2S. The van der Waals surface area contributed by atoms with E-state index in [1.165, 1.54) is 7.11 Å². The Bertz CT molecular complexity index is 179. The third-order valence-electron chi connectivity index (χ3n) is 2.73. The Labute approximate surface area is 103 Å². The summed E-state index contributed by atoms with van der Waals surface area (Å²) in [5, 5.41) is 0. The van der Waals surface area contributed by atoms with Crippen molar-refractivity contribution in [1.29, 1.82) is 0 Å². The highest BCUT2D eigenvalue weighted by Gasteiger charge is 2.37. The highest BCUT2D eigenvalue weighted by atomic mass is 35.5. The van der Waals surface area contributed by atoms with E-state index in [0.29, 0.717) is 11.6 Å². The predicted molar refractivity (Wildman–Crippen MR) is 67.8 cm³/mol. The Balaban J connectivity index is 4.62. The first-order valence-corrected chi connectivity index (χ1v) is 6.58. The van der Waals surface area contributed by atoms with Crippen molar-refractivity contribution in [2.45, 2.75) is 39.0 Å². The quantitative estimate of drug-likeness (QED) is 0.408. The van der Waals surface area contributed by atoms with E-state index in [4.69, 9.17) is 16.3 Å². The van der Waals surface area contributed by atoms with Gasteiger partial charge in [0.25, 0.3) is 0 Å². The van der Waals surface area contributed by atoms with Gasteiger partial charge in [-0.25, -0.2) is 0 Å². The third-order valence-corrected chi connectivity index (χ3v) is 3.22. The number of rotatable bonds is 8. The van der Waals surface area contributed by atoms with Crippen molar-refractivity contribution in [2.75, 3.05) is 18.7 Å². The number of hydrogen-bond donors (Lipinski definition) is 1. The molecule has 90 valence electrons. The molecule has 0 N–H and O–H groups in total. The van der Waals surface area contributed by atoms with E-state index in [1.54, 1.807) is 0 Å². The maximum atomic E-state index is 11.8. The average Bonchev–Trinajstić information content (AvgIpc) is 2.25. The SMILES string of the molecule is CCCC(CCS)(CCCCl)C(=O)OC. The molecule has 0 aromatic rings. The molecular weight excluding hydrogens is 232 g/mol. The van der Waals surface area contributed by atoms with Crippen LogP contribution in [0.1, 0.15) is 39.0 Å². The number of ether oxygens (including phenoxy) is 1. The first kappa shape index (κ1) is 15.1. The van der Waals surface area contributed by atoms with E-state index < -0.39 is 0 Å². The molecule has 0 aliphatic carbocycles.